The maximum atomic E-state index is 12.7. The number of amides is 1. The summed E-state index contributed by atoms with van der Waals surface area (Å²) in [4.78, 5) is 12.7. The highest BCUT2D eigenvalue weighted by Crippen LogP contribution is 2.29. The number of anilines is 1. The molecule has 0 bridgehead atoms. The van der Waals surface area contributed by atoms with Gasteiger partial charge in [0.05, 0.1) is 26.1 Å². The van der Waals surface area contributed by atoms with E-state index < -0.39 is 0 Å². The Morgan fingerprint density at radius 3 is 2.35 bits per heavy atom. The van der Waals surface area contributed by atoms with E-state index in [-0.39, 0.29) is 5.91 Å². The first kappa shape index (κ1) is 25.1. The lowest BCUT2D eigenvalue weighted by Gasteiger charge is -2.09. The molecule has 0 spiro atoms. The van der Waals surface area contributed by atoms with Gasteiger partial charge in [-0.3, -0.25) is 9.48 Å². The van der Waals surface area contributed by atoms with E-state index in [2.05, 4.69) is 42.3 Å². The summed E-state index contributed by atoms with van der Waals surface area (Å²) in [5.74, 6) is 0.735. The van der Waals surface area contributed by atoms with Crippen LogP contribution in [0.25, 0.3) is 0 Å². The largest absolute Gasteiger partial charge is 0.487 e. The van der Waals surface area contributed by atoms with Gasteiger partial charge in [0.1, 0.15) is 12.4 Å². The molecule has 0 saturated carbocycles. The van der Waals surface area contributed by atoms with Crippen molar-refractivity contribution in [3.05, 3.63) is 108 Å². The van der Waals surface area contributed by atoms with Crippen molar-refractivity contribution in [3.8, 4) is 5.75 Å². The van der Waals surface area contributed by atoms with Gasteiger partial charge in [0.15, 0.2) is 5.82 Å². The zero-order valence-corrected chi connectivity index (χ0v) is 22.8. The summed E-state index contributed by atoms with van der Waals surface area (Å²) < 4.78 is 9.01. The Hall–Kier alpha value is -2.03. The summed E-state index contributed by atoms with van der Waals surface area (Å²) >= 11 is 25.1. The van der Waals surface area contributed by atoms with Crippen molar-refractivity contribution in [3.63, 3.8) is 0 Å². The highest BCUT2D eigenvalue weighted by atomic mass is 79.9. The molecule has 0 aliphatic carbocycles. The molecule has 1 heterocycles. The molecule has 0 atom stereocenters. The molecule has 0 aliphatic rings. The van der Waals surface area contributed by atoms with Crippen molar-refractivity contribution >= 4 is 78.4 Å². The van der Waals surface area contributed by atoms with Gasteiger partial charge in [0.25, 0.3) is 5.91 Å². The molecular formula is C24H16Br2Cl3N3O2. The lowest BCUT2D eigenvalue weighted by Crippen LogP contribution is -2.13. The van der Waals surface area contributed by atoms with Gasteiger partial charge >= 0.3 is 0 Å². The minimum atomic E-state index is -0.274. The Morgan fingerprint density at radius 1 is 0.912 bits per heavy atom. The van der Waals surface area contributed by atoms with Crippen LogP contribution in [0.2, 0.25) is 15.1 Å². The van der Waals surface area contributed by atoms with Crippen LogP contribution in [0.3, 0.4) is 0 Å². The first-order valence-electron chi connectivity index (χ1n) is 9.93. The smallest absolute Gasteiger partial charge is 0.256 e. The molecule has 0 saturated heterocycles. The molecule has 4 rings (SSSR count). The molecule has 3 aromatic carbocycles. The summed E-state index contributed by atoms with van der Waals surface area (Å²) in [7, 11) is 0. The molecule has 0 fully saturated rings. The number of nitrogens with zero attached hydrogens (tertiary/aromatic N) is 2. The average Bonchev–Trinajstić information content (AvgIpc) is 3.14. The second kappa shape index (κ2) is 11.1. The van der Waals surface area contributed by atoms with Crippen LogP contribution in [0.5, 0.6) is 5.75 Å². The van der Waals surface area contributed by atoms with E-state index in [1.807, 2.05) is 24.3 Å². The number of benzene rings is 3. The fourth-order valence-corrected chi connectivity index (χ4v) is 4.54. The Balaban J connectivity index is 1.37. The average molecular weight is 645 g/mol. The summed E-state index contributed by atoms with van der Waals surface area (Å²) in [6.07, 6.45) is 1.78. The SMILES string of the molecule is O=C(Nc1nn(Cc2ccc(Cl)c(Cl)c2)cc1Br)c1ccc(COc2ccc(Br)cc2Cl)cc1. The molecule has 0 aliphatic heterocycles. The van der Waals surface area contributed by atoms with Crippen molar-refractivity contribution in [1.29, 1.82) is 0 Å². The van der Waals surface area contributed by atoms with E-state index in [0.29, 0.717) is 49.8 Å². The van der Waals surface area contributed by atoms with Crippen LogP contribution in [-0.4, -0.2) is 15.7 Å². The van der Waals surface area contributed by atoms with Crippen molar-refractivity contribution in [1.82, 2.24) is 9.78 Å². The Kier molecular flexibility index (Phi) is 8.22. The van der Waals surface area contributed by atoms with Gasteiger partial charge in [-0.25, -0.2) is 0 Å². The van der Waals surface area contributed by atoms with Gasteiger partial charge in [-0.2, -0.15) is 5.10 Å². The minimum Gasteiger partial charge on any atom is -0.487 e. The number of carbonyl (C=O) groups is 1. The van der Waals surface area contributed by atoms with E-state index in [9.17, 15) is 4.79 Å². The topological polar surface area (TPSA) is 56.2 Å². The van der Waals surface area contributed by atoms with Gasteiger partial charge < -0.3 is 10.1 Å². The van der Waals surface area contributed by atoms with Crippen LogP contribution in [0.15, 0.2) is 75.8 Å². The fraction of sp³-hybridized carbons (Fsp3) is 0.0833. The first-order valence-corrected chi connectivity index (χ1v) is 12.7. The van der Waals surface area contributed by atoms with E-state index in [0.717, 1.165) is 15.6 Å². The quantitative estimate of drug-likeness (QED) is 0.221. The van der Waals surface area contributed by atoms with Crippen LogP contribution < -0.4 is 10.1 Å². The predicted molar refractivity (Wildman–Crippen MR) is 143 cm³/mol. The Labute approximate surface area is 228 Å². The van der Waals surface area contributed by atoms with E-state index in [1.165, 1.54) is 0 Å². The standard InChI is InChI=1S/C24H16Br2Cl3N3O2/c25-17-6-8-22(21(29)10-17)34-13-14-1-4-16(5-2-14)24(33)30-23-18(26)12-32(31-23)11-15-3-7-19(27)20(28)9-15/h1-10,12H,11,13H2,(H,30,31,33). The van der Waals surface area contributed by atoms with Crippen molar-refractivity contribution < 1.29 is 9.53 Å². The number of hydrogen-bond donors (Lipinski definition) is 1. The molecule has 0 radical (unpaired) electrons. The van der Waals surface area contributed by atoms with Gasteiger partial charge in [0, 0.05) is 16.2 Å². The fourth-order valence-electron chi connectivity index (χ4n) is 3.07. The molecule has 174 valence electrons. The van der Waals surface area contributed by atoms with E-state index in [1.54, 1.807) is 47.3 Å². The highest BCUT2D eigenvalue weighted by molar-refractivity contribution is 9.10. The molecule has 1 amide bonds. The monoisotopic (exact) mass is 641 g/mol. The van der Waals surface area contributed by atoms with Crippen LogP contribution in [0.4, 0.5) is 5.82 Å². The lowest BCUT2D eigenvalue weighted by molar-refractivity contribution is 0.102. The third kappa shape index (κ3) is 6.34. The highest BCUT2D eigenvalue weighted by Gasteiger charge is 2.13. The van der Waals surface area contributed by atoms with Crippen LogP contribution in [0, 0.1) is 0 Å². The van der Waals surface area contributed by atoms with Crippen LogP contribution in [0.1, 0.15) is 21.5 Å². The second-order valence-corrected chi connectivity index (χ2v) is 10.3. The number of hydrogen-bond acceptors (Lipinski definition) is 3. The zero-order chi connectivity index (χ0) is 24.2. The summed E-state index contributed by atoms with van der Waals surface area (Å²) in [5, 5.41) is 8.77. The Bertz CT molecular complexity index is 1340. The maximum absolute atomic E-state index is 12.7. The molecule has 34 heavy (non-hydrogen) atoms. The van der Waals surface area contributed by atoms with Gasteiger partial charge in [-0.1, -0.05) is 68.9 Å². The number of ether oxygens (including phenoxy) is 1. The Morgan fingerprint density at radius 2 is 1.65 bits per heavy atom. The predicted octanol–water partition coefficient (Wildman–Crippen LogP) is 8.25. The summed E-state index contributed by atoms with van der Waals surface area (Å²) in [6.45, 7) is 0.802. The summed E-state index contributed by atoms with van der Waals surface area (Å²) in [6, 6.07) is 18.0. The second-order valence-electron chi connectivity index (χ2n) is 7.29. The van der Waals surface area contributed by atoms with Crippen molar-refractivity contribution in [2.24, 2.45) is 0 Å². The number of carbonyl (C=O) groups excluding carboxylic acids is 1. The lowest BCUT2D eigenvalue weighted by atomic mass is 10.1. The third-order valence-electron chi connectivity index (χ3n) is 4.78. The third-order valence-corrected chi connectivity index (χ3v) is 6.89. The number of rotatable bonds is 7. The normalized spacial score (nSPS) is 10.9. The molecule has 4 aromatic rings. The van der Waals surface area contributed by atoms with Crippen molar-refractivity contribution in [2.75, 3.05) is 5.32 Å². The van der Waals surface area contributed by atoms with Gasteiger partial charge in [0.2, 0.25) is 0 Å². The number of aromatic nitrogens is 2. The van der Waals surface area contributed by atoms with Gasteiger partial charge in [-0.05, 0) is 69.5 Å². The molecule has 0 unspecified atom stereocenters. The van der Waals surface area contributed by atoms with Crippen molar-refractivity contribution in [2.45, 2.75) is 13.2 Å². The maximum Gasteiger partial charge on any atom is 0.256 e. The molecule has 5 nitrogen and oxygen atoms in total. The molecule has 10 heteroatoms. The number of nitrogens with one attached hydrogen (secondary N) is 1. The first-order chi connectivity index (χ1) is 16.3. The van der Waals surface area contributed by atoms with Crippen LogP contribution in [-0.2, 0) is 13.2 Å². The minimum absolute atomic E-state index is 0.274. The molecule has 1 N–H and O–H groups in total. The van der Waals surface area contributed by atoms with Gasteiger partial charge in [-0.15, -0.1) is 0 Å². The molecule has 1 aromatic heterocycles. The molecular weight excluding hydrogens is 628 g/mol. The van der Waals surface area contributed by atoms with E-state index in [4.69, 9.17) is 39.5 Å². The number of halogens is 5. The van der Waals surface area contributed by atoms with Crippen LogP contribution >= 0.6 is 66.7 Å². The van der Waals surface area contributed by atoms with E-state index >= 15 is 0 Å². The zero-order valence-electron chi connectivity index (χ0n) is 17.4. The summed E-state index contributed by atoms with van der Waals surface area (Å²) in [5.41, 5.74) is 2.34.